The van der Waals surface area contributed by atoms with Gasteiger partial charge in [-0.1, -0.05) is 30.3 Å². The lowest BCUT2D eigenvalue weighted by atomic mass is 10.2. The highest BCUT2D eigenvalue weighted by atomic mass is 16.5. The van der Waals surface area contributed by atoms with Crippen molar-refractivity contribution in [1.29, 1.82) is 0 Å². The van der Waals surface area contributed by atoms with Gasteiger partial charge in [-0.25, -0.2) is 0 Å². The van der Waals surface area contributed by atoms with Crippen LogP contribution in [0.25, 0.3) is 11.3 Å². The maximum absolute atomic E-state index is 12.5. The first kappa shape index (κ1) is 18.3. The minimum atomic E-state index is 0.240. The average Bonchev–Trinajstić information content (AvgIpc) is 3.39. The minimum absolute atomic E-state index is 0.240. The Bertz CT molecular complexity index is 729. The van der Waals surface area contributed by atoms with Crippen LogP contribution in [0.5, 0.6) is 0 Å². The molecular formula is C22H29N2O3+. The highest BCUT2D eigenvalue weighted by Crippen LogP contribution is 2.22. The van der Waals surface area contributed by atoms with Gasteiger partial charge < -0.3 is 19.0 Å². The van der Waals surface area contributed by atoms with Gasteiger partial charge in [-0.15, -0.1) is 0 Å². The first-order valence-electron chi connectivity index (χ1n) is 10.1. The molecular weight excluding hydrogens is 340 g/mol. The number of carbonyl (C=O) groups is 1. The maximum atomic E-state index is 12.5. The molecule has 0 bridgehead atoms. The van der Waals surface area contributed by atoms with E-state index >= 15 is 0 Å². The summed E-state index contributed by atoms with van der Waals surface area (Å²) in [6.07, 6.45) is 4.00. The van der Waals surface area contributed by atoms with Crippen molar-refractivity contribution in [2.45, 2.75) is 31.8 Å². The largest absolute Gasteiger partial charge is 0.461 e. The number of furan rings is 1. The molecule has 2 aliphatic heterocycles. The Labute approximate surface area is 160 Å². The van der Waals surface area contributed by atoms with Gasteiger partial charge in [0.15, 0.2) is 0 Å². The van der Waals surface area contributed by atoms with Crippen molar-refractivity contribution < 1.29 is 18.8 Å². The molecule has 27 heavy (non-hydrogen) atoms. The molecule has 2 saturated heterocycles. The summed E-state index contributed by atoms with van der Waals surface area (Å²) in [5.74, 6) is 1.98. The lowest BCUT2D eigenvalue weighted by Crippen LogP contribution is -3.15. The molecule has 3 heterocycles. The summed E-state index contributed by atoms with van der Waals surface area (Å²) in [5.41, 5.74) is 1.07. The summed E-state index contributed by atoms with van der Waals surface area (Å²) in [4.78, 5) is 16.1. The molecule has 0 saturated carbocycles. The van der Waals surface area contributed by atoms with E-state index in [0.717, 1.165) is 56.4 Å². The number of aryl methyl sites for hydroxylation is 1. The number of ether oxygens (including phenoxy) is 1. The van der Waals surface area contributed by atoms with Crippen LogP contribution in [-0.4, -0.2) is 56.2 Å². The number of rotatable bonds is 6. The van der Waals surface area contributed by atoms with Gasteiger partial charge in [0.1, 0.15) is 24.2 Å². The predicted octanol–water partition coefficient (Wildman–Crippen LogP) is 1.79. The number of hydrogen-bond acceptors (Lipinski definition) is 3. The first-order chi connectivity index (χ1) is 13.3. The van der Waals surface area contributed by atoms with Crippen molar-refractivity contribution in [2.75, 3.05) is 39.3 Å². The van der Waals surface area contributed by atoms with Gasteiger partial charge in [-0.3, -0.25) is 4.79 Å². The number of hydrogen-bond donors (Lipinski definition) is 1. The molecule has 5 nitrogen and oxygen atoms in total. The van der Waals surface area contributed by atoms with Crippen LogP contribution in [0.1, 0.15) is 25.0 Å². The van der Waals surface area contributed by atoms with Gasteiger partial charge in [-0.2, -0.15) is 0 Å². The quantitative estimate of drug-likeness (QED) is 0.844. The zero-order valence-corrected chi connectivity index (χ0v) is 15.9. The van der Waals surface area contributed by atoms with Crippen molar-refractivity contribution in [3.8, 4) is 11.3 Å². The van der Waals surface area contributed by atoms with E-state index < -0.39 is 0 Å². The third kappa shape index (κ3) is 4.79. The molecule has 4 rings (SSSR count). The number of nitrogens with one attached hydrogen (secondary N) is 1. The van der Waals surface area contributed by atoms with Crippen LogP contribution in [0.15, 0.2) is 46.9 Å². The van der Waals surface area contributed by atoms with E-state index in [4.69, 9.17) is 9.15 Å². The highest BCUT2D eigenvalue weighted by molar-refractivity contribution is 5.76. The number of amides is 1. The Morgan fingerprint density at radius 2 is 1.93 bits per heavy atom. The van der Waals surface area contributed by atoms with Gasteiger partial charge in [0.05, 0.1) is 26.2 Å². The zero-order valence-electron chi connectivity index (χ0n) is 15.9. The number of piperazine rings is 1. The van der Waals surface area contributed by atoms with Crippen molar-refractivity contribution in [3.63, 3.8) is 0 Å². The van der Waals surface area contributed by atoms with E-state index in [1.54, 1.807) is 4.90 Å². The molecule has 1 aromatic heterocycles. The highest BCUT2D eigenvalue weighted by Gasteiger charge is 2.27. The molecule has 0 aliphatic carbocycles. The predicted molar refractivity (Wildman–Crippen MR) is 104 cm³/mol. The Morgan fingerprint density at radius 3 is 2.67 bits per heavy atom. The molecule has 1 amide bonds. The van der Waals surface area contributed by atoms with Crippen LogP contribution >= 0.6 is 0 Å². The summed E-state index contributed by atoms with van der Waals surface area (Å²) in [5, 5.41) is 0. The van der Waals surface area contributed by atoms with E-state index in [2.05, 4.69) is 0 Å². The van der Waals surface area contributed by atoms with Gasteiger partial charge >= 0.3 is 0 Å². The van der Waals surface area contributed by atoms with Crippen molar-refractivity contribution >= 4 is 5.91 Å². The van der Waals surface area contributed by atoms with E-state index in [1.165, 1.54) is 12.8 Å². The molecule has 2 aliphatic rings. The molecule has 1 atom stereocenters. The van der Waals surface area contributed by atoms with Crippen LogP contribution in [0, 0.1) is 0 Å². The van der Waals surface area contributed by atoms with Gasteiger partial charge in [-0.05, 0) is 25.0 Å². The Balaban J connectivity index is 1.21. The van der Waals surface area contributed by atoms with Crippen LogP contribution in [0.3, 0.4) is 0 Å². The molecule has 1 aromatic carbocycles. The topological polar surface area (TPSA) is 47.1 Å². The minimum Gasteiger partial charge on any atom is -0.461 e. The standard InChI is InChI=1S/C22H28N2O3/c25-22(24-14-12-23(13-15-24)17-20-7-4-16-26-20)11-9-19-8-10-21(27-19)18-5-2-1-3-6-18/h1-3,5-6,8,10,20H,4,7,9,11-17H2/p+1/t20-/m0/s1. The molecule has 0 spiro atoms. The number of benzene rings is 1. The Kier molecular flexibility index (Phi) is 5.90. The molecule has 1 N–H and O–H groups in total. The van der Waals surface area contributed by atoms with E-state index in [-0.39, 0.29) is 5.91 Å². The fourth-order valence-electron chi connectivity index (χ4n) is 4.06. The van der Waals surface area contributed by atoms with Crippen LogP contribution in [0.4, 0.5) is 0 Å². The summed E-state index contributed by atoms with van der Waals surface area (Å²) < 4.78 is 11.6. The molecule has 2 aromatic rings. The van der Waals surface area contributed by atoms with E-state index in [0.29, 0.717) is 18.9 Å². The lowest BCUT2D eigenvalue weighted by Gasteiger charge is -2.33. The van der Waals surface area contributed by atoms with E-state index in [1.807, 2.05) is 47.4 Å². The second-order valence-electron chi connectivity index (χ2n) is 7.60. The van der Waals surface area contributed by atoms with Crippen molar-refractivity contribution in [1.82, 2.24) is 4.90 Å². The molecule has 0 unspecified atom stereocenters. The fourth-order valence-corrected chi connectivity index (χ4v) is 4.06. The number of carbonyl (C=O) groups excluding carboxylic acids is 1. The Morgan fingerprint density at radius 1 is 1.11 bits per heavy atom. The lowest BCUT2D eigenvalue weighted by molar-refractivity contribution is -0.906. The first-order valence-corrected chi connectivity index (χ1v) is 10.1. The van der Waals surface area contributed by atoms with E-state index in [9.17, 15) is 4.79 Å². The van der Waals surface area contributed by atoms with Crippen LogP contribution in [-0.2, 0) is 16.0 Å². The van der Waals surface area contributed by atoms with Crippen molar-refractivity contribution in [2.24, 2.45) is 0 Å². The molecule has 2 fully saturated rings. The molecule has 144 valence electrons. The van der Waals surface area contributed by atoms with Gasteiger partial charge in [0, 0.05) is 25.0 Å². The maximum Gasteiger partial charge on any atom is 0.223 e. The van der Waals surface area contributed by atoms with Crippen LogP contribution in [0.2, 0.25) is 0 Å². The third-order valence-electron chi connectivity index (χ3n) is 5.67. The second kappa shape index (κ2) is 8.72. The van der Waals surface area contributed by atoms with Gasteiger partial charge in [0.2, 0.25) is 5.91 Å². The van der Waals surface area contributed by atoms with Crippen molar-refractivity contribution in [3.05, 3.63) is 48.2 Å². The monoisotopic (exact) mass is 369 g/mol. The smallest absolute Gasteiger partial charge is 0.223 e. The number of nitrogens with zero attached hydrogens (tertiary/aromatic N) is 1. The number of quaternary nitrogens is 1. The summed E-state index contributed by atoms with van der Waals surface area (Å²) in [6, 6.07) is 14.0. The summed E-state index contributed by atoms with van der Waals surface area (Å²) >= 11 is 0. The Hall–Kier alpha value is -2.11. The van der Waals surface area contributed by atoms with Gasteiger partial charge in [0.25, 0.3) is 0 Å². The zero-order chi connectivity index (χ0) is 18.5. The SMILES string of the molecule is O=C(CCc1ccc(-c2ccccc2)o1)N1CC[NH+](C[C@@H]2CCCO2)CC1. The second-order valence-corrected chi connectivity index (χ2v) is 7.60. The fraction of sp³-hybridized carbons (Fsp3) is 0.500. The summed E-state index contributed by atoms with van der Waals surface area (Å²) in [6.45, 7) is 5.79. The average molecular weight is 369 g/mol. The normalized spacial score (nSPS) is 20.9. The van der Waals surface area contributed by atoms with Crippen LogP contribution < -0.4 is 4.90 Å². The summed E-state index contributed by atoms with van der Waals surface area (Å²) in [7, 11) is 0. The third-order valence-corrected chi connectivity index (χ3v) is 5.67. The molecule has 0 radical (unpaired) electrons. The molecule has 5 heteroatoms.